The molecule has 3 aromatic rings. The number of carbonyl (C=O) groups excluding carboxylic acids is 3. The summed E-state index contributed by atoms with van der Waals surface area (Å²) in [5.41, 5.74) is 3.69. The Morgan fingerprint density at radius 2 is 1.67 bits per heavy atom. The van der Waals surface area contributed by atoms with Gasteiger partial charge >= 0.3 is 5.97 Å². The first kappa shape index (κ1) is 25.5. The molecule has 0 atom stereocenters. The van der Waals surface area contributed by atoms with Crippen LogP contribution in [0.15, 0.2) is 82.2 Å². The van der Waals surface area contributed by atoms with Crippen molar-refractivity contribution in [3.05, 3.63) is 99.0 Å². The van der Waals surface area contributed by atoms with Crippen LogP contribution in [0.5, 0.6) is 0 Å². The average molecular weight is 521 g/mol. The number of carbonyl (C=O) groups is 3. The molecule has 36 heavy (non-hydrogen) atoms. The summed E-state index contributed by atoms with van der Waals surface area (Å²) in [4.78, 5) is 41.4. The van der Waals surface area contributed by atoms with Crippen LogP contribution in [0.3, 0.4) is 0 Å². The van der Waals surface area contributed by atoms with Crippen molar-refractivity contribution in [1.82, 2.24) is 0 Å². The minimum atomic E-state index is -0.474. The van der Waals surface area contributed by atoms with Crippen LogP contribution in [0.25, 0.3) is 0 Å². The smallest absolute Gasteiger partial charge is 0.338 e. The van der Waals surface area contributed by atoms with Gasteiger partial charge < -0.3 is 10.1 Å². The standard InChI is InChI=1S/C28H25ClN2O4S/c1-4-15-35-28(34)19-6-10-21(11-7-19)31-26(32)24(30-23-14-5-17(2)16-18(23)3)25(27(31)33)36-22-12-8-20(29)9-13-22/h5-14,16,30H,4,15H2,1-3H3. The molecule has 184 valence electrons. The Morgan fingerprint density at radius 1 is 0.972 bits per heavy atom. The molecule has 0 aliphatic carbocycles. The molecule has 0 aromatic heterocycles. The number of amides is 2. The lowest BCUT2D eigenvalue weighted by Gasteiger charge is -2.16. The van der Waals surface area contributed by atoms with Crippen LogP contribution in [0, 0.1) is 13.8 Å². The molecule has 0 saturated heterocycles. The minimum Gasteiger partial charge on any atom is -0.462 e. The van der Waals surface area contributed by atoms with Crippen LogP contribution in [-0.4, -0.2) is 24.4 Å². The molecule has 1 N–H and O–H groups in total. The zero-order chi connectivity index (χ0) is 25.8. The lowest BCUT2D eigenvalue weighted by atomic mass is 10.1. The number of ether oxygens (including phenoxy) is 1. The number of aryl methyl sites for hydroxylation is 2. The van der Waals surface area contributed by atoms with Gasteiger partial charge in [0.05, 0.1) is 17.9 Å². The topological polar surface area (TPSA) is 75.7 Å². The molecule has 0 spiro atoms. The Hall–Kier alpha value is -3.55. The predicted molar refractivity (Wildman–Crippen MR) is 143 cm³/mol. The van der Waals surface area contributed by atoms with Crippen LogP contribution >= 0.6 is 23.4 Å². The van der Waals surface area contributed by atoms with Crippen molar-refractivity contribution < 1.29 is 19.1 Å². The van der Waals surface area contributed by atoms with Crippen LogP contribution < -0.4 is 10.2 Å². The molecular weight excluding hydrogens is 496 g/mol. The second-order valence-electron chi connectivity index (χ2n) is 8.33. The number of anilines is 2. The highest BCUT2D eigenvalue weighted by molar-refractivity contribution is 8.04. The molecule has 6 nitrogen and oxygen atoms in total. The molecule has 8 heteroatoms. The molecule has 0 fully saturated rings. The van der Waals surface area contributed by atoms with Gasteiger partial charge in [0, 0.05) is 15.6 Å². The Balaban J connectivity index is 1.68. The van der Waals surface area contributed by atoms with Gasteiger partial charge in [-0.25, -0.2) is 9.69 Å². The van der Waals surface area contributed by atoms with Crippen molar-refractivity contribution in [3.63, 3.8) is 0 Å². The third-order valence-corrected chi connectivity index (χ3v) is 6.86. The minimum absolute atomic E-state index is 0.193. The Labute approximate surface area is 219 Å². The van der Waals surface area contributed by atoms with E-state index in [1.165, 1.54) is 11.8 Å². The largest absolute Gasteiger partial charge is 0.462 e. The molecule has 3 aromatic carbocycles. The maximum atomic E-state index is 13.6. The fourth-order valence-corrected chi connectivity index (χ4v) is 4.74. The van der Waals surface area contributed by atoms with Crippen molar-refractivity contribution in [3.8, 4) is 0 Å². The van der Waals surface area contributed by atoms with Crippen LogP contribution in [0.4, 0.5) is 11.4 Å². The fraction of sp³-hybridized carbons (Fsp3) is 0.179. The van der Waals surface area contributed by atoms with Gasteiger partial charge in [0.25, 0.3) is 11.8 Å². The van der Waals surface area contributed by atoms with Gasteiger partial charge in [0.15, 0.2) is 0 Å². The van der Waals surface area contributed by atoms with Gasteiger partial charge in [-0.1, -0.05) is 48.0 Å². The number of rotatable bonds is 8. The zero-order valence-electron chi connectivity index (χ0n) is 20.1. The summed E-state index contributed by atoms with van der Waals surface area (Å²) in [6.45, 7) is 6.17. The van der Waals surface area contributed by atoms with E-state index in [1.54, 1.807) is 48.5 Å². The Morgan fingerprint density at radius 3 is 2.31 bits per heavy atom. The number of nitrogens with one attached hydrogen (secondary N) is 1. The van der Waals surface area contributed by atoms with Gasteiger partial charge in [0.1, 0.15) is 10.6 Å². The van der Waals surface area contributed by atoms with Crippen molar-refractivity contribution in [2.75, 3.05) is 16.8 Å². The lowest BCUT2D eigenvalue weighted by Crippen LogP contribution is -2.32. The normalized spacial score (nSPS) is 13.4. The van der Waals surface area contributed by atoms with E-state index in [0.717, 1.165) is 33.0 Å². The number of imide groups is 1. The van der Waals surface area contributed by atoms with E-state index in [1.807, 2.05) is 39.0 Å². The summed E-state index contributed by atoms with van der Waals surface area (Å²) < 4.78 is 5.16. The molecule has 0 radical (unpaired) electrons. The molecule has 0 unspecified atom stereocenters. The predicted octanol–water partition coefficient (Wildman–Crippen LogP) is 6.51. The molecule has 0 bridgehead atoms. The zero-order valence-corrected chi connectivity index (χ0v) is 21.7. The van der Waals surface area contributed by atoms with E-state index >= 15 is 0 Å². The third-order valence-electron chi connectivity index (χ3n) is 5.51. The first-order chi connectivity index (χ1) is 17.3. The summed E-state index contributed by atoms with van der Waals surface area (Å²) in [5.74, 6) is -1.37. The molecular formula is C28H25ClN2O4S. The van der Waals surface area contributed by atoms with E-state index in [2.05, 4.69) is 5.32 Å². The SMILES string of the molecule is CCCOC(=O)c1ccc(N2C(=O)C(Nc3ccc(C)cc3C)=C(Sc3ccc(Cl)cc3)C2=O)cc1. The summed E-state index contributed by atoms with van der Waals surface area (Å²) in [5, 5.41) is 3.78. The summed E-state index contributed by atoms with van der Waals surface area (Å²) in [6.07, 6.45) is 0.719. The van der Waals surface area contributed by atoms with Crippen molar-refractivity contribution in [2.45, 2.75) is 32.1 Å². The van der Waals surface area contributed by atoms with Gasteiger partial charge in [-0.3, -0.25) is 9.59 Å². The first-order valence-corrected chi connectivity index (χ1v) is 12.7. The van der Waals surface area contributed by atoms with E-state index in [-0.39, 0.29) is 10.6 Å². The van der Waals surface area contributed by atoms with Crippen molar-refractivity contribution in [1.29, 1.82) is 0 Å². The highest BCUT2D eigenvalue weighted by atomic mass is 35.5. The maximum Gasteiger partial charge on any atom is 0.338 e. The summed E-state index contributed by atoms with van der Waals surface area (Å²) in [6, 6.07) is 19.1. The molecule has 1 heterocycles. The van der Waals surface area contributed by atoms with Crippen molar-refractivity contribution in [2.24, 2.45) is 0 Å². The highest BCUT2D eigenvalue weighted by Gasteiger charge is 2.40. The van der Waals surface area contributed by atoms with Gasteiger partial charge in [-0.2, -0.15) is 0 Å². The number of hydrogen-bond acceptors (Lipinski definition) is 6. The Kier molecular flexibility index (Phi) is 7.82. The second-order valence-corrected chi connectivity index (χ2v) is 9.85. The first-order valence-electron chi connectivity index (χ1n) is 11.5. The lowest BCUT2D eigenvalue weighted by molar-refractivity contribution is -0.120. The van der Waals surface area contributed by atoms with Crippen LogP contribution in [0.2, 0.25) is 5.02 Å². The van der Waals surface area contributed by atoms with E-state index in [4.69, 9.17) is 16.3 Å². The molecule has 0 saturated carbocycles. The van der Waals surface area contributed by atoms with Crippen LogP contribution in [-0.2, 0) is 14.3 Å². The van der Waals surface area contributed by atoms with E-state index in [0.29, 0.717) is 22.9 Å². The summed E-state index contributed by atoms with van der Waals surface area (Å²) >= 11 is 7.21. The fourth-order valence-electron chi connectivity index (χ4n) is 3.68. The quantitative estimate of drug-likeness (QED) is 0.269. The number of halogens is 1. The van der Waals surface area contributed by atoms with Gasteiger partial charge in [0.2, 0.25) is 0 Å². The number of esters is 1. The van der Waals surface area contributed by atoms with Gasteiger partial charge in [-0.05, 0) is 80.4 Å². The molecule has 4 rings (SSSR count). The number of benzene rings is 3. The van der Waals surface area contributed by atoms with Crippen LogP contribution in [0.1, 0.15) is 34.8 Å². The Bertz CT molecular complexity index is 1350. The number of nitrogens with zero attached hydrogens (tertiary/aromatic N) is 1. The molecule has 2 amide bonds. The third kappa shape index (κ3) is 5.48. The second kappa shape index (κ2) is 11.0. The average Bonchev–Trinajstić information content (AvgIpc) is 3.09. The van der Waals surface area contributed by atoms with E-state index in [9.17, 15) is 14.4 Å². The molecule has 1 aliphatic rings. The van der Waals surface area contributed by atoms with Gasteiger partial charge in [-0.15, -0.1) is 0 Å². The van der Waals surface area contributed by atoms with Crippen molar-refractivity contribution >= 4 is 52.5 Å². The monoisotopic (exact) mass is 520 g/mol. The summed E-state index contributed by atoms with van der Waals surface area (Å²) in [7, 11) is 0. The molecule has 1 aliphatic heterocycles. The maximum absolute atomic E-state index is 13.6. The number of thioether (sulfide) groups is 1. The highest BCUT2D eigenvalue weighted by Crippen LogP contribution is 2.38. The van der Waals surface area contributed by atoms with E-state index < -0.39 is 17.8 Å². The number of hydrogen-bond donors (Lipinski definition) is 1.